The smallest absolute Gasteiger partial charge is 0.269 e. The van der Waals surface area contributed by atoms with Crippen LogP contribution in [-0.4, -0.2) is 54.5 Å². The lowest BCUT2D eigenvalue weighted by Gasteiger charge is -2.31. The second kappa shape index (κ2) is 11.2. The molecule has 0 saturated heterocycles. The van der Waals surface area contributed by atoms with Gasteiger partial charge in [0.15, 0.2) is 0 Å². The molecule has 8 nitrogen and oxygen atoms in total. The predicted octanol–water partition coefficient (Wildman–Crippen LogP) is 3.45. The summed E-state index contributed by atoms with van der Waals surface area (Å²) in [5.41, 5.74) is 0.752. The molecule has 0 unspecified atom stereocenters. The van der Waals surface area contributed by atoms with Crippen molar-refractivity contribution >= 4 is 39.3 Å². The molecule has 0 radical (unpaired) electrons. The number of hydrogen-bond acceptors (Lipinski definition) is 5. The van der Waals surface area contributed by atoms with Crippen LogP contribution in [-0.2, 0) is 26.2 Å². The lowest BCUT2D eigenvalue weighted by molar-refractivity contribution is -0.141. The van der Waals surface area contributed by atoms with E-state index in [2.05, 4.69) is 5.32 Å². The van der Waals surface area contributed by atoms with Crippen molar-refractivity contribution in [3.8, 4) is 0 Å². The van der Waals surface area contributed by atoms with Crippen molar-refractivity contribution in [1.82, 2.24) is 14.5 Å². The summed E-state index contributed by atoms with van der Waals surface area (Å²) < 4.78 is 26.4. The van der Waals surface area contributed by atoms with E-state index in [1.807, 2.05) is 13.8 Å². The van der Waals surface area contributed by atoms with Gasteiger partial charge in [0.25, 0.3) is 15.9 Å². The number of carbonyl (C=O) groups excluding carboxylic acids is 3. The van der Waals surface area contributed by atoms with Gasteiger partial charge in [0.2, 0.25) is 11.8 Å². The predicted molar refractivity (Wildman–Crippen MR) is 133 cm³/mol. The second-order valence-electron chi connectivity index (χ2n) is 8.80. The molecule has 10 heteroatoms. The Bertz CT molecular complexity index is 1220. The number of halogens is 1. The van der Waals surface area contributed by atoms with Crippen LogP contribution in [0.3, 0.4) is 0 Å². The van der Waals surface area contributed by atoms with E-state index < -0.39 is 27.9 Å². The summed E-state index contributed by atoms with van der Waals surface area (Å²) in [7, 11) is -4.03. The number of nitrogens with zero attached hydrogens (tertiary/aromatic N) is 2. The van der Waals surface area contributed by atoms with Gasteiger partial charge in [-0.25, -0.2) is 12.7 Å². The van der Waals surface area contributed by atoms with Gasteiger partial charge >= 0.3 is 0 Å². The van der Waals surface area contributed by atoms with Crippen molar-refractivity contribution in [2.75, 3.05) is 13.1 Å². The van der Waals surface area contributed by atoms with Gasteiger partial charge in [-0.2, -0.15) is 0 Å². The van der Waals surface area contributed by atoms with Crippen LogP contribution in [0.25, 0.3) is 0 Å². The zero-order valence-electron chi connectivity index (χ0n) is 20.0. The average Bonchev–Trinajstić information content (AvgIpc) is 3.02. The molecule has 0 bridgehead atoms. The van der Waals surface area contributed by atoms with E-state index in [9.17, 15) is 22.8 Å². The van der Waals surface area contributed by atoms with Gasteiger partial charge in [-0.15, -0.1) is 0 Å². The first kappa shape index (κ1) is 26.7. The Morgan fingerprint density at radius 2 is 1.74 bits per heavy atom. The number of nitrogens with one attached hydrogen (secondary N) is 1. The number of amides is 3. The summed E-state index contributed by atoms with van der Waals surface area (Å²) in [6.07, 6.45) is 0.0872. The van der Waals surface area contributed by atoms with Gasteiger partial charge in [0.1, 0.15) is 10.9 Å². The van der Waals surface area contributed by atoms with E-state index in [4.69, 9.17) is 11.6 Å². The molecule has 3 rings (SSSR count). The topological polar surface area (TPSA) is 104 Å². The number of sulfonamides is 1. The second-order valence-corrected chi connectivity index (χ2v) is 11.0. The average molecular weight is 520 g/mol. The van der Waals surface area contributed by atoms with E-state index in [1.54, 1.807) is 43.3 Å². The SMILES string of the molecule is CC[C@H](C(=O)NCC(C)C)N(Cc1ccccc1Cl)C(=O)CCN1C(=O)c2ccccc2S1(=O)=O. The third-order valence-corrected chi connectivity index (χ3v) is 8.02. The minimum absolute atomic E-state index is 0.0649. The van der Waals surface area contributed by atoms with E-state index in [0.29, 0.717) is 23.6 Å². The molecule has 2 aromatic carbocycles. The summed E-state index contributed by atoms with van der Waals surface area (Å²) in [5, 5.41) is 3.33. The maximum atomic E-state index is 13.4. The summed E-state index contributed by atoms with van der Waals surface area (Å²) in [6, 6.07) is 12.2. The van der Waals surface area contributed by atoms with Crippen molar-refractivity contribution < 1.29 is 22.8 Å². The molecule has 1 N–H and O–H groups in total. The van der Waals surface area contributed by atoms with Crippen molar-refractivity contribution in [3.05, 3.63) is 64.7 Å². The van der Waals surface area contributed by atoms with Crippen LogP contribution >= 0.6 is 11.6 Å². The number of hydrogen-bond donors (Lipinski definition) is 1. The van der Waals surface area contributed by atoms with Crippen molar-refractivity contribution in [2.24, 2.45) is 5.92 Å². The summed E-state index contributed by atoms with van der Waals surface area (Å²) in [4.78, 5) is 40.5. The Balaban J connectivity index is 1.83. The molecule has 1 aliphatic heterocycles. The number of fused-ring (bicyclic) bond motifs is 1. The maximum absolute atomic E-state index is 13.4. The lowest BCUT2D eigenvalue weighted by Crippen LogP contribution is -2.50. The fourth-order valence-electron chi connectivity index (χ4n) is 3.95. The highest BCUT2D eigenvalue weighted by molar-refractivity contribution is 7.90. The molecule has 2 aromatic rings. The van der Waals surface area contributed by atoms with Crippen LogP contribution < -0.4 is 5.32 Å². The zero-order valence-corrected chi connectivity index (χ0v) is 21.6. The normalized spacial score (nSPS) is 15.1. The third-order valence-electron chi connectivity index (χ3n) is 5.81. The molecule has 35 heavy (non-hydrogen) atoms. The Labute approximate surface area is 211 Å². The standard InChI is InChI=1S/C25H30ClN3O5S/c1-4-21(24(31)27-15-17(2)3)28(16-18-9-5-7-11-20(18)26)23(30)13-14-29-25(32)19-10-6-8-12-22(19)35(29,33)34/h5-12,17,21H,4,13-16H2,1-3H3,(H,27,31)/t21-/m1/s1. The van der Waals surface area contributed by atoms with E-state index in [1.165, 1.54) is 17.0 Å². The molecule has 0 fully saturated rings. The fraction of sp³-hybridized carbons (Fsp3) is 0.400. The third kappa shape index (κ3) is 5.85. The minimum atomic E-state index is -4.03. The van der Waals surface area contributed by atoms with E-state index in [-0.39, 0.29) is 41.8 Å². The monoisotopic (exact) mass is 519 g/mol. The minimum Gasteiger partial charge on any atom is -0.354 e. The first-order valence-electron chi connectivity index (χ1n) is 11.5. The Morgan fingerprint density at radius 1 is 1.09 bits per heavy atom. The highest BCUT2D eigenvalue weighted by Crippen LogP contribution is 2.30. The first-order valence-corrected chi connectivity index (χ1v) is 13.4. The number of rotatable bonds is 10. The number of carbonyl (C=O) groups is 3. The molecular formula is C25H30ClN3O5S. The quantitative estimate of drug-likeness (QED) is 0.517. The van der Waals surface area contributed by atoms with Gasteiger partial charge in [0, 0.05) is 31.1 Å². The highest BCUT2D eigenvalue weighted by atomic mass is 35.5. The van der Waals surface area contributed by atoms with Crippen molar-refractivity contribution in [3.63, 3.8) is 0 Å². The lowest BCUT2D eigenvalue weighted by atomic mass is 10.1. The molecule has 0 aromatic heterocycles. The van der Waals surface area contributed by atoms with Gasteiger partial charge in [-0.3, -0.25) is 14.4 Å². The molecule has 0 saturated carbocycles. The summed E-state index contributed by atoms with van der Waals surface area (Å²) >= 11 is 6.32. The Hall–Kier alpha value is -2.91. The Kier molecular flexibility index (Phi) is 8.56. The largest absolute Gasteiger partial charge is 0.354 e. The molecule has 0 spiro atoms. The van der Waals surface area contributed by atoms with Gasteiger partial charge < -0.3 is 10.2 Å². The van der Waals surface area contributed by atoms with E-state index >= 15 is 0 Å². The maximum Gasteiger partial charge on any atom is 0.269 e. The highest BCUT2D eigenvalue weighted by Gasteiger charge is 2.41. The van der Waals surface area contributed by atoms with Crippen LogP contribution in [0.1, 0.15) is 49.5 Å². The molecule has 188 valence electrons. The fourth-order valence-corrected chi connectivity index (χ4v) is 5.71. The van der Waals surface area contributed by atoms with Crippen LogP contribution in [0.15, 0.2) is 53.4 Å². The molecular weight excluding hydrogens is 490 g/mol. The van der Waals surface area contributed by atoms with Gasteiger partial charge in [0.05, 0.1) is 5.56 Å². The molecule has 1 atom stereocenters. The van der Waals surface area contributed by atoms with Crippen LogP contribution in [0.5, 0.6) is 0 Å². The van der Waals surface area contributed by atoms with Gasteiger partial charge in [-0.1, -0.05) is 62.7 Å². The van der Waals surface area contributed by atoms with Gasteiger partial charge in [-0.05, 0) is 36.1 Å². The van der Waals surface area contributed by atoms with Crippen molar-refractivity contribution in [2.45, 2.75) is 51.1 Å². The van der Waals surface area contributed by atoms with E-state index in [0.717, 1.165) is 4.31 Å². The van der Waals surface area contributed by atoms with Crippen molar-refractivity contribution in [1.29, 1.82) is 0 Å². The molecule has 1 aliphatic rings. The van der Waals surface area contributed by atoms with Crippen LogP contribution in [0, 0.1) is 5.92 Å². The zero-order chi connectivity index (χ0) is 25.8. The summed E-state index contributed by atoms with van der Waals surface area (Å²) in [6.45, 7) is 5.96. The molecule has 0 aliphatic carbocycles. The van der Waals surface area contributed by atoms with Crippen LogP contribution in [0.4, 0.5) is 0 Å². The molecule has 3 amide bonds. The molecule has 1 heterocycles. The first-order chi connectivity index (χ1) is 16.6. The van der Waals surface area contributed by atoms with Crippen LogP contribution in [0.2, 0.25) is 5.02 Å². The number of benzene rings is 2. The Morgan fingerprint density at radius 3 is 2.37 bits per heavy atom. The summed E-state index contributed by atoms with van der Waals surface area (Å²) in [5.74, 6) is -1.17.